The van der Waals surface area contributed by atoms with Crippen LogP contribution >= 0.6 is 0 Å². The molecule has 134 valence electrons. The summed E-state index contributed by atoms with van der Waals surface area (Å²) in [5.74, 6) is -0.0324. The van der Waals surface area contributed by atoms with Crippen molar-refractivity contribution in [2.24, 2.45) is 11.8 Å². The van der Waals surface area contributed by atoms with Crippen LogP contribution in [0.3, 0.4) is 0 Å². The summed E-state index contributed by atoms with van der Waals surface area (Å²) in [6, 6.07) is 5.20. The van der Waals surface area contributed by atoms with Gasteiger partial charge in [0.05, 0.1) is 11.5 Å². The predicted octanol–water partition coefficient (Wildman–Crippen LogP) is 4.12. The van der Waals surface area contributed by atoms with Crippen molar-refractivity contribution in [3.63, 3.8) is 0 Å². The van der Waals surface area contributed by atoms with Gasteiger partial charge < -0.3 is 9.64 Å². The van der Waals surface area contributed by atoms with E-state index in [0.717, 1.165) is 25.7 Å². The zero-order chi connectivity index (χ0) is 17.7. The van der Waals surface area contributed by atoms with E-state index >= 15 is 0 Å². The van der Waals surface area contributed by atoms with Gasteiger partial charge in [0.15, 0.2) is 0 Å². The van der Waals surface area contributed by atoms with Crippen LogP contribution in [-0.4, -0.2) is 30.5 Å². The van der Waals surface area contributed by atoms with E-state index in [1.54, 1.807) is 0 Å². The van der Waals surface area contributed by atoms with E-state index in [4.69, 9.17) is 4.74 Å². The van der Waals surface area contributed by atoms with Gasteiger partial charge in [0.25, 0.3) is 0 Å². The number of rotatable bonds is 5. The van der Waals surface area contributed by atoms with Crippen molar-refractivity contribution in [3.8, 4) is 0 Å². The second kappa shape index (κ2) is 8.01. The highest BCUT2D eigenvalue weighted by atomic mass is 19.4. The van der Waals surface area contributed by atoms with Crippen molar-refractivity contribution in [1.82, 2.24) is 4.90 Å². The fourth-order valence-corrected chi connectivity index (χ4v) is 3.06. The number of hydrogen-bond acceptors (Lipinski definition) is 3. The lowest BCUT2D eigenvalue weighted by molar-refractivity contribution is -0.153. The first-order valence-electron chi connectivity index (χ1n) is 8.31. The van der Waals surface area contributed by atoms with Gasteiger partial charge in [0.1, 0.15) is 6.61 Å². The fraction of sp³-hybridized carbons (Fsp3) is 0.611. The number of hydrogen-bond donors (Lipinski definition) is 0. The Labute approximate surface area is 140 Å². The second-order valence-electron chi connectivity index (χ2n) is 6.73. The molecule has 0 aliphatic carbocycles. The summed E-state index contributed by atoms with van der Waals surface area (Å²) < 4.78 is 43.9. The van der Waals surface area contributed by atoms with Gasteiger partial charge >= 0.3 is 12.1 Å². The molecule has 0 unspecified atom stereocenters. The lowest BCUT2D eigenvalue weighted by atomic mass is 9.96. The number of alkyl halides is 3. The highest BCUT2D eigenvalue weighted by Gasteiger charge is 2.33. The molecule has 24 heavy (non-hydrogen) atoms. The van der Waals surface area contributed by atoms with Crippen LogP contribution in [0, 0.1) is 11.8 Å². The monoisotopic (exact) mass is 343 g/mol. The molecule has 3 nitrogen and oxygen atoms in total. The van der Waals surface area contributed by atoms with Gasteiger partial charge in [-0.25, -0.2) is 0 Å². The summed E-state index contributed by atoms with van der Waals surface area (Å²) in [5, 5.41) is 0. The highest BCUT2D eigenvalue weighted by molar-refractivity contribution is 5.72. The molecule has 1 saturated heterocycles. The lowest BCUT2D eigenvalue weighted by Crippen LogP contribution is -2.38. The molecule has 0 bridgehead atoms. The SMILES string of the molecule is CC(C)CN1CCC(C(=O)OCc2ccccc2C(F)(F)F)CC1. The third-order valence-electron chi connectivity index (χ3n) is 4.24. The highest BCUT2D eigenvalue weighted by Crippen LogP contribution is 2.32. The van der Waals surface area contributed by atoms with Crippen molar-refractivity contribution < 1.29 is 22.7 Å². The summed E-state index contributed by atoms with van der Waals surface area (Å²) in [6.07, 6.45) is -3.04. The molecule has 0 amide bonds. The topological polar surface area (TPSA) is 29.5 Å². The minimum atomic E-state index is -4.44. The molecule has 0 radical (unpaired) electrons. The number of piperidine rings is 1. The molecule has 1 aromatic rings. The molecule has 6 heteroatoms. The minimum Gasteiger partial charge on any atom is -0.461 e. The lowest BCUT2D eigenvalue weighted by Gasteiger charge is -2.31. The van der Waals surface area contributed by atoms with Crippen LogP contribution in [0.2, 0.25) is 0 Å². The molecule has 1 aliphatic rings. The molecule has 0 aromatic heterocycles. The van der Waals surface area contributed by atoms with Crippen molar-refractivity contribution >= 4 is 5.97 Å². The maximum Gasteiger partial charge on any atom is 0.416 e. The molecule has 0 spiro atoms. The smallest absolute Gasteiger partial charge is 0.416 e. The number of likely N-dealkylation sites (tertiary alicyclic amines) is 1. The van der Waals surface area contributed by atoms with E-state index in [1.807, 2.05) is 0 Å². The van der Waals surface area contributed by atoms with Gasteiger partial charge in [-0.2, -0.15) is 13.2 Å². The van der Waals surface area contributed by atoms with E-state index in [2.05, 4.69) is 18.7 Å². The largest absolute Gasteiger partial charge is 0.461 e. The normalized spacial score (nSPS) is 17.2. The number of halogens is 3. The fourth-order valence-electron chi connectivity index (χ4n) is 3.06. The number of carbonyl (C=O) groups excluding carboxylic acids is 1. The van der Waals surface area contributed by atoms with Gasteiger partial charge in [-0.15, -0.1) is 0 Å². The van der Waals surface area contributed by atoms with Gasteiger partial charge in [0, 0.05) is 12.1 Å². The molecule has 1 fully saturated rings. The number of esters is 1. The van der Waals surface area contributed by atoms with Crippen molar-refractivity contribution in [2.45, 2.75) is 39.5 Å². The zero-order valence-electron chi connectivity index (χ0n) is 14.1. The van der Waals surface area contributed by atoms with E-state index in [0.29, 0.717) is 18.8 Å². The van der Waals surface area contributed by atoms with Crippen molar-refractivity contribution in [2.75, 3.05) is 19.6 Å². The average molecular weight is 343 g/mol. The van der Waals surface area contributed by atoms with Crippen LogP contribution in [0.5, 0.6) is 0 Å². The maximum atomic E-state index is 12.9. The minimum absolute atomic E-state index is 0.00408. The quantitative estimate of drug-likeness (QED) is 0.754. The second-order valence-corrected chi connectivity index (χ2v) is 6.73. The van der Waals surface area contributed by atoms with E-state index in [-0.39, 0.29) is 18.1 Å². The summed E-state index contributed by atoms with van der Waals surface area (Å²) in [6.45, 7) is 6.63. The third-order valence-corrected chi connectivity index (χ3v) is 4.24. The third kappa shape index (κ3) is 5.23. The number of nitrogens with zero attached hydrogens (tertiary/aromatic N) is 1. The van der Waals surface area contributed by atoms with Crippen molar-refractivity contribution in [3.05, 3.63) is 35.4 Å². The molecule has 1 aliphatic heterocycles. The molecule has 0 saturated carbocycles. The summed E-state index contributed by atoms with van der Waals surface area (Å²) in [7, 11) is 0. The van der Waals surface area contributed by atoms with E-state index in [9.17, 15) is 18.0 Å². The van der Waals surface area contributed by atoms with Crippen LogP contribution < -0.4 is 0 Å². The first-order chi connectivity index (χ1) is 11.3. The Morgan fingerprint density at radius 3 is 2.46 bits per heavy atom. The molecule has 0 atom stereocenters. The molecular weight excluding hydrogens is 319 g/mol. The van der Waals surface area contributed by atoms with Crippen LogP contribution in [0.1, 0.15) is 37.8 Å². The van der Waals surface area contributed by atoms with Gasteiger partial charge in [-0.05, 0) is 37.9 Å². The van der Waals surface area contributed by atoms with Gasteiger partial charge in [-0.3, -0.25) is 4.79 Å². The maximum absolute atomic E-state index is 12.9. The van der Waals surface area contributed by atoms with E-state index < -0.39 is 17.7 Å². The standard InChI is InChI=1S/C18H24F3NO2/c1-13(2)11-22-9-7-14(8-10-22)17(23)24-12-15-5-3-4-6-16(15)18(19,20)21/h3-6,13-14H,7-12H2,1-2H3. The Morgan fingerprint density at radius 1 is 1.25 bits per heavy atom. The molecule has 1 heterocycles. The predicted molar refractivity (Wildman–Crippen MR) is 85.2 cm³/mol. The molecule has 1 aromatic carbocycles. The Bertz CT molecular complexity index is 549. The first kappa shape index (κ1) is 18.8. The van der Waals surface area contributed by atoms with E-state index in [1.165, 1.54) is 18.2 Å². The Hall–Kier alpha value is -1.56. The molecular formula is C18H24F3NO2. The Kier molecular flexibility index (Phi) is 6.27. The van der Waals surface area contributed by atoms with Gasteiger partial charge in [-0.1, -0.05) is 32.0 Å². The average Bonchev–Trinajstić information content (AvgIpc) is 2.52. The molecule has 2 rings (SSSR count). The number of benzene rings is 1. The Morgan fingerprint density at radius 2 is 1.88 bits per heavy atom. The summed E-state index contributed by atoms with van der Waals surface area (Å²) in [4.78, 5) is 14.5. The number of ether oxygens (including phenoxy) is 1. The van der Waals surface area contributed by atoms with Crippen LogP contribution in [0.25, 0.3) is 0 Å². The zero-order valence-corrected chi connectivity index (χ0v) is 14.1. The summed E-state index contributed by atoms with van der Waals surface area (Å²) >= 11 is 0. The first-order valence-corrected chi connectivity index (χ1v) is 8.31. The van der Waals surface area contributed by atoms with Crippen LogP contribution in [0.15, 0.2) is 24.3 Å². The van der Waals surface area contributed by atoms with Crippen LogP contribution in [0.4, 0.5) is 13.2 Å². The van der Waals surface area contributed by atoms with Crippen molar-refractivity contribution in [1.29, 1.82) is 0 Å². The summed E-state index contributed by atoms with van der Waals surface area (Å²) in [5.41, 5.74) is -0.750. The van der Waals surface area contributed by atoms with Crippen LogP contribution in [-0.2, 0) is 22.3 Å². The van der Waals surface area contributed by atoms with Gasteiger partial charge in [0.2, 0.25) is 0 Å². The Balaban J connectivity index is 1.87. The number of carbonyl (C=O) groups is 1. The molecule has 0 N–H and O–H groups in total.